The zero-order valence-electron chi connectivity index (χ0n) is 15.3. The van der Waals surface area contributed by atoms with E-state index in [1.54, 1.807) is 32.3 Å². The molecule has 0 aliphatic carbocycles. The highest BCUT2D eigenvalue weighted by molar-refractivity contribution is 5.99. The van der Waals surface area contributed by atoms with Gasteiger partial charge >= 0.3 is 0 Å². The van der Waals surface area contributed by atoms with Crippen LogP contribution in [-0.2, 0) is 11.2 Å². The predicted molar refractivity (Wildman–Crippen MR) is 99.3 cm³/mol. The van der Waals surface area contributed by atoms with Gasteiger partial charge in [-0.1, -0.05) is 23.8 Å². The summed E-state index contributed by atoms with van der Waals surface area (Å²) in [5.74, 6) is 0.177. The number of methoxy groups -OCH3 is 1. The Bertz CT molecular complexity index is 798. The minimum atomic E-state index is -0.178. The van der Waals surface area contributed by atoms with Crippen LogP contribution in [-0.4, -0.2) is 37.9 Å². The summed E-state index contributed by atoms with van der Waals surface area (Å²) in [6, 6.07) is 11.1. The molecule has 0 fully saturated rings. The molecule has 0 atom stereocenters. The number of benzene rings is 2. The van der Waals surface area contributed by atoms with Gasteiger partial charge in [0.05, 0.1) is 19.1 Å². The standard InChI is InChI=1S/C20H24N2O3/c1-13-6-7-14(2)15(10-13)11-19(23)21-16-8-9-18(25-5)17(12-16)20(24)22(3)4/h6-10,12H,11H2,1-5H3,(H,21,23). The predicted octanol–water partition coefficient (Wildman–Crippen LogP) is 3.20. The molecule has 0 saturated heterocycles. The van der Waals surface area contributed by atoms with Gasteiger partial charge in [0.15, 0.2) is 0 Å². The molecule has 0 bridgehead atoms. The van der Waals surface area contributed by atoms with Crippen LogP contribution < -0.4 is 10.1 Å². The lowest BCUT2D eigenvalue weighted by atomic mass is 10.0. The molecule has 0 unspecified atom stereocenters. The molecule has 1 N–H and O–H groups in total. The summed E-state index contributed by atoms with van der Waals surface area (Å²) in [7, 11) is 4.86. The van der Waals surface area contributed by atoms with Crippen molar-refractivity contribution in [3.8, 4) is 5.75 Å². The molecule has 0 saturated carbocycles. The maximum Gasteiger partial charge on any atom is 0.257 e. The smallest absolute Gasteiger partial charge is 0.257 e. The van der Waals surface area contributed by atoms with Crippen LogP contribution in [0, 0.1) is 13.8 Å². The molecule has 0 spiro atoms. The summed E-state index contributed by atoms with van der Waals surface area (Å²) in [5.41, 5.74) is 4.18. The molecule has 0 aliphatic rings. The number of aryl methyl sites for hydroxylation is 2. The Morgan fingerprint density at radius 3 is 2.44 bits per heavy atom. The Labute approximate surface area is 148 Å². The average molecular weight is 340 g/mol. The van der Waals surface area contributed by atoms with Crippen molar-refractivity contribution in [3.63, 3.8) is 0 Å². The van der Waals surface area contributed by atoms with Crippen molar-refractivity contribution in [1.29, 1.82) is 0 Å². The minimum absolute atomic E-state index is 0.123. The number of rotatable bonds is 5. The third-order valence-electron chi connectivity index (χ3n) is 3.98. The summed E-state index contributed by atoms with van der Waals surface area (Å²) < 4.78 is 5.24. The van der Waals surface area contributed by atoms with Gasteiger partial charge in [0, 0.05) is 19.8 Å². The third kappa shape index (κ3) is 4.59. The van der Waals surface area contributed by atoms with Crippen molar-refractivity contribution in [1.82, 2.24) is 4.90 Å². The fourth-order valence-electron chi connectivity index (χ4n) is 2.56. The molecule has 2 amide bonds. The van der Waals surface area contributed by atoms with Crippen LogP contribution >= 0.6 is 0 Å². The summed E-state index contributed by atoms with van der Waals surface area (Å²) in [5, 5.41) is 2.86. The van der Waals surface area contributed by atoms with Crippen LogP contribution in [0.5, 0.6) is 5.75 Å². The second-order valence-corrected chi connectivity index (χ2v) is 6.27. The number of ether oxygens (including phenoxy) is 1. The molecule has 132 valence electrons. The lowest BCUT2D eigenvalue weighted by molar-refractivity contribution is -0.115. The molecule has 2 aromatic carbocycles. The van der Waals surface area contributed by atoms with E-state index in [1.165, 1.54) is 12.0 Å². The van der Waals surface area contributed by atoms with Gasteiger partial charge < -0.3 is 15.0 Å². The highest BCUT2D eigenvalue weighted by Crippen LogP contribution is 2.24. The molecule has 2 rings (SSSR count). The molecule has 2 aromatic rings. The van der Waals surface area contributed by atoms with Crippen LogP contribution in [0.15, 0.2) is 36.4 Å². The SMILES string of the molecule is COc1ccc(NC(=O)Cc2cc(C)ccc2C)cc1C(=O)N(C)C. The second-order valence-electron chi connectivity index (χ2n) is 6.27. The minimum Gasteiger partial charge on any atom is -0.496 e. The van der Waals surface area contributed by atoms with Crippen molar-refractivity contribution >= 4 is 17.5 Å². The Hall–Kier alpha value is -2.82. The van der Waals surface area contributed by atoms with E-state index in [9.17, 15) is 9.59 Å². The molecule has 0 aromatic heterocycles. The Morgan fingerprint density at radius 2 is 1.80 bits per heavy atom. The van der Waals surface area contributed by atoms with Crippen molar-refractivity contribution in [3.05, 3.63) is 58.7 Å². The van der Waals surface area contributed by atoms with E-state index in [2.05, 4.69) is 5.32 Å². The Balaban J connectivity index is 2.19. The zero-order chi connectivity index (χ0) is 18.6. The highest BCUT2D eigenvalue weighted by Gasteiger charge is 2.16. The fourth-order valence-corrected chi connectivity index (χ4v) is 2.56. The van der Waals surface area contributed by atoms with Gasteiger partial charge in [-0.2, -0.15) is 0 Å². The summed E-state index contributed by atoms with van der Waals surface area (Å²) in [6.07, 6.45) is 0.288. The number of carbonyl (C=O) groups excluding carboxylic acids is 2. The van der Waals surface area contributed by atoms with Crippen molar-refractivity contribution < 1.29 is 14.3 Å². The monoisotopic (exact) mass is 340 g/mol. The quantitative estimate of drug-likeness (QED) is 0.909. The van der Waals surface area contributed by atoms with E-state index in [0.29, 0.717) is 17.0 Å². The van der Waals surface area contributed by atoms with Crippen LogP contribution in [0.3, 0.4) is 0 Å². The first-order valence-electron chi connectivity index (χ1n) is 8.07. The van der Waals surface area contributed by atoms with Gasteiger partial charge in [0.2, 0.25) is 5.91 Å². The van der Waals surface area contributed by atoms with E-state index in [0.717, 1.165) is 16.7 Å². The number of nitrogens with one attached hydrogen (secondary N) is 1. The van der Waals surface area contributed by atoms with Crippen molar-refractivity contribution in [2.75, 3.05) is 26.5 Å². The van der Waals surface area contributed by atoms with Crippen LogP contribution in [0.4, 0.5) is 5.69 Å². The number of amides is 2. The molecular weight excluding hydrogens is 316 g/mol. The number of hydrogen-bond acceptors (Lipinski definition) is 3. The molecule has 0 heterocycles. The first kappa shape index (κ1) is 18.5. The van der Waals surface area contributed by atoms with Crippen LogP contribution in [0.1, 0.15) is 27.0 Å². The summed E-state index contributed by atoms with van der Waals surface area (Å²) in [4.78, 5) is 26.1. The lowest BCUT2D eigenvalue weighted by Crippen LogP contribution is -2.23. The normalized spacial score (nSPS) is 10.3. The van der Waals surface area contributed by atoms with Crippen molar-refractivity contribution in [2.45, 2.75) is 20.3 Å². The maximum atomic E-state index is 12.4. The van der Waals surface area contributed by atoms with E-state index >= 15 is 0 Å². The number of hydrogen-bond donors (Lipinski definition) is 1. The molecule has 0 aliphatic heterocycles. The lowest BCUT2D eigenvalue weighted by Gasteiger charge is -2.15. The third-order valence-corrected chi connectivity index (χ3v) is 3.98. The molecule has 0 radical (unpaired) electrons. The van der Waals surface area contributed by atoms with Gasteiger partial charge in [-0.25, -0.2) is 0 Å². The summed E-state index contributed by atoms with van der Waals surface area (Å²) in [6.45, 7) is 3.99. The Morgan fingerprint density at radius 1 is 1.08 bits per heavy atom. The van der Waals surface area contributed by atoms with Gasteiger partial charge in [-0.15, -0.1) is 0 Å². The van der Waals surface area contributed by atoms with Gasteiger partial charge in [0.1, 0.15) is 5.75 Å². The number of carbonyl (C=O) groups is 2. The first-order valence-corrected chi connectivity index (χ1v) is 8.07. The highest BCUT2D eigenvalue weighted by atomic mass is 16.5. The molecular formula is C20H24N2O3. The maximum absolute atomic E-state index is 12.4. The average Bonchev–Trinajstić information content (AvgIpc) is 2.57. The topological polar surface area (TPSA) is 58.6 Å². The summed E-state index contributed by atoms with van der Waals surface area (Å²) >= 11 is 0. The van der Waals surface area contributed by atoms with E-state index in [1.807, 2.05) is 32.0 Å². The van der Waals surface area contributed by atoms with E-state index < -0.39 is 0 Å². The number of anilines is 1. The van der Waals surface area contributed by atoms with Gasteiger partial charge in [0.25, 0.3) is 5.91 Å². The second kappa shape index (κ2) is 7.83. The number of nitrogens with zero attached hydrogens (tertiary/aromatic N) is 1. The molecule has 5 nitrogen and oxygen atoms in total. The van der Waals surface area contributed by atoms with Gasteiger partial charge in [-0.05, 0) is 43.2 Å². The van der Waals surface area contributed by atoms with E-state index in [4.69, 9.17) is 4.74 Å². The largest absolute Gasteiger partial charge is 0.496 e. The molecule has 5 heteroatoms. The van der Waals surface area contributed by atoms with Crippen molar-refractivity contribution in [2.24, 2.45) is 0 Å². The zero-order valence-corrected chi connectivity index (χ0v) is 15.3. The van der Waals surface area contributed by atoms with Gasteiger partial charge in [-0.3, -0.25) is 9.59 Å². The van der Waals surface area contributed by atoms with Crippen LogP contribution in [0.25, 0.3) is 0 Å². The Kier molecular flexibility index (Phi) is 5.80. The first-order chi connectivity index (χ1) is 11.8. The van der Waals surface area contributed by atoms with E-state index in [-0.39, 0.29) is 18.2 Å². The fraction of sp³-hybridized carbons (Fsp3) is 0.300. The molecule has 25 heavy (non-hydrogen) atoms. The van der Waals surface area contributed by atoms with Crippen LogP contribution in [0.2, 0.25) is 0 Å².